The van der Waals surface area contributed by atoms with Crippen LogP contribution in [0.4, 0.5) is 0 Å². The standard InChI is InChI=1S/C9H22N2O/c1-2-3-4-5-9(8-10)11-6-7-12/h9,11-12H,2-8,10H2,1H3. The molecule has 0 aliphatic heterocycles. The Labute approximate surface area is 75.3 Å². The Morgan fingerprint density at radius 2 is 2.17 bits per heavy atom. The lowest BCUT2D eigenvalue weighted by molar-refractivity contribution is 0.282. The van der Waals surface area contributed by atoms with Crippen molar-refractivity contribution in [2.45, 2.75) is 38.6 Å². The summed E-state index contributed by atoms with van der Waals surface area (Å²) in [6.07, 6.45) is 4.88. The molecule has 3 nitrogen and oxygen atoms in total. The van der Waals surface area contributed by atoms with Crippen molar-refractivity contribution in [2.75, 3.05) is 19.7 Å². The minimum Gasteiger partial charge on any atom is -0.395 e. The molecule has 4 N–H and O–H groups in total. The monoisotopic (exact) mass is 174 g/mol. The van der Waals surface area contributed by atoms with Crippen LogP contribution in [0.5, 0.6) is 0 Å². The van der Waals surface area contributed by atoms with Crippen molar-refractivity contribution in [1.29, 1.82) is 0 Å². The number of unbranched alkanes of at least 4 members (excludes halogenated alkanes) is 2. The Bertz CT molecular complexity index is 88.6. The van der Waals surface area contributed by atoms with Gasteiger partial charge >= 0.3 is 0 Å². The van der Waals surface area contributed by atoms with E-state index in [0.29, 0.717) is 19.1 Å². The van der Waals surface area contributed by atoms with Gasteiger partial charge in [-0.05, 0) is 6.42 Å². The molecule has 0 fully saturated rings. The first-order valence-electron chi connectivity index (χ1n) is 4.89. The van der Waals surface area contributed by atoms with Gasteiger partial charge in [0.1, 0.15) is 0 Å². The van der Waals surface area contributed by atoms with E-state index in [1.54, 1.807) is 0 Å². The molecule has 1 atom stereocenters. The molecule has 12 heavy (non-hydrogen) atoms. The molecule has 0 radical (unpaired) electrons. The quantitative estimate of drug-likeness (QED) is 0.469. The summed E-state index contributed by atoms with van der Waals surface area (Å²) in [6.45, 7) is 3.72. The number of nitrogens with two attached hydrogens (primary N) is 1. The Kier molecular flexibility index (Phi) is 8.88. The number of rotatable bonds is 8. The molecule has 0 saturated heterocycles. The molecule has 0 aromatic heterocycles. The maximum absolute atomic E-state index is 8.58. The highest BCUT2D eigenvalue weighted by Gasteiger charge is 2.03. The maximum atomic E-state index is 8.58. The summed E-state index contributed by atoms with van der Waals surface area (Å²) < 4.78 is 0. The van der Waals surface area contributed by atoms with Crippen LogP contribution >= 0.6 is 0 Å². The largest absolute Gasteiger partial charge is 0.395 e. The zero-order valence-electron chi connectivity index (χ0n) is 8.05. The molecule has 74 valence electrons. The third kappa shape index (κ3) is 6.58. The van der Waals surface area contributed by atoms with Crippen molar-refractivity contribution in [3.8, 4) is 0 Å². The molecular formula is C9H22N2O. The molecule has 0 bridgehead atoms. The SMILES string of the molecule is CCCCCC(CN)NCCO. The van der Waals surface area contributed by atoms with Crippen LogP contribution in [0.2, 0.25) is 0 Å². The number of nitrogens with one attached hydrogen (secondary N) is 1. The van der Waals surface area contributed by atoms with Crippen LogP contribution in [0.25, 0.3) is 0 Å². The summed E-state index contributed by atoms with van der Waals surface area (Å²) in [5.74, 6) is 0. The van der Waals surface area contributed by atoms with Gasteiger partial charge in [-0.2, -0.15) is 0 Å². The van der Waals surface area contributed by atoms with Gasteiger partial charge in [0, 0.05) is 19.1 Å². The molecular weight excluding hydrogens is 152 g/mol. The van der Waals surface area contributed by atoms with Crippen LogP contribution < -0.4 is 11.1 Å². The smallest absolute Gasteiger partial charge is 0.0556 e. The fourth-order valence-electron chi connectivity index (χ4n) is 1.21. The summed E-state index contributed by atoms with van der Waals surface area (Å²) in [6, 6.07) is 0.392. The summed E-state index contributed by atoms with van der Waals surface area (Å²) >= 11 is 0. The highest BCUT2D eigenvalue weighted by atomic mass is 16.3. The fraction of sp³-hybridized carbons (Fsp3) is 1.00. The molecule has 0 aliphatic carbocycles. The lowest BCUT2D eigenvalue weighted by atomic mass is 10.1. The fourth-order valence-corrected chi connectivity index (χ4v) is 1.21. The minimum atomic E-state index is 0.199. The highest BCUT2D eigenvalue weighted by molar-refractivity contribution is 4.66. The molecule has 0 saturated carbocycles. The number of hydrogen-bond donors (Lipinski definition) is 3. The number of hydrogen-bond acceptors (Lipinski definition) is 3. The van der Waals surface area contributed by atoms with Crippen molar-refractivity contribution in [3.05, 3.63) is 0 Å². The van der Waals surface area contributed by atoms with E-state index in [2.05, 4.69) is 12.2 Å². The third-order valence-corrected chi connectivity index (χ3v) is 1.99. The van der Waals surface area contributed by atoms with Crippen LogP contribution in [0.15, 0.2) is 0 Å². The van der Waals surface area contributed by atoms with Crippen molar-refractivity contribution < 1.29 is 5.11 Å². The molecule has 0 rings (SSSR count). The van der Waals surface area contributed by atoms with Gasteiger partial charge < -0.3 is 16.2 Å². The molecule has 0 spiro atoms. The summed E-state index contributed by atoms with van der Waals surface area (Å²) in [4.78, 5) is 0. The zero-order valence-corrected chi connectivity index (χ0v) is 8.05. The first kappa shape index (κ1) is 11.9. The number of aliphatic hydroxyl groups excluding tert-OH is 1. The second kappa shape index (κ2) is 8.97. The van der Waals surface area contributed by atoms with E-state index >= 15 is 0 Å². The molecule has 0 heterocycles. The second-order valence-corrected chi connectivity index (χ2v) is 3.11. The second-order valence-electron chi connectivity index (χ2n) is 3.11. The average molecular weight is 174 g/mol. The van der Waals surface area contributed by atoms with Crippen LogP contribution in [-0.4, -0.2) is 30.8 Å². The first-order chi connectivity index (χ1) is 5.85. The van der Waals surface area contributed by atoms with Gasteiger partial charge in [0.15, 0.2) is 0 Å². The van der Waals surface area contributed by atoms with Crippen molar-refractivity contribution in [1.82, 2.24) is 5.32 Å². The Morgan fingerprint density at radius 3 is 2.67 bits per heavy atom. The first-order valence-corrected chi connectivity index (χ1v) is 4.89. The van der Waals surface area contributed by atoms with Gasteiger partial charge in [-0.15, -0.1) is 0 Å². The van der Waals surface area contributed by atoms with Gasteiger partial charge in [-0.25, -0.2) is 0 Å². The topological polar surface area (TPSA) is 58.3 Å². The summed E-state index contributed by atoms with van der Waals surface area (Å²) in [7, 11) is 0. The lowest BCUT2D eigenvalue weighted by Gasteiger charge is -2.15. The maximum Gasteiger partial charge on any atom is 0.0556 e. The van der Waals surface area contributed by atoms with E-state index in [1.807, 2.05) is 0 Å². The molecule has 0 aromatic rings. The van der Waals surface area contributed by atoms with E-state index in [9.17, 15) is 0 Å². The van der Waals surface area contributed by atoms with Crippen LogP contribution in [-0.2, 0) is 0 Å². The summed E-state index contributed by atoms with van der Waals surface area (Å²) in [5, 5.41) is 11.8. The van der Waals surface area contributed by atoms with Crippen LogP contribution in [0.1, 0.15) is 32.6 Å². The molecule has 0 aromatic carbocycles. The van der Waals surface area contributed by atoms with Crippen LogP contribution in [0.3, 0.4) is 0 Å². The molecule has 0 amide bonds. The highest BCUT2D eigenvalue weighted by Crippen LogP contribution is 2.01. The zero-order chi connectivity index (χ0) is 9.23. The van der Waals surface area contributed by atoms with E-state index in [4.69, 9.17) is 10.8 Å². The van der Waals surface area contributed by atoms with Gasteiger partial charge in [-0.3, -0.25) is 0 Å². The van der Waals surface area contributed by atoms with Crippen molar-refractivity contribution in [3.63, 3.8) is 0 Å². The van der Waals surface area contributed by atoms with E-state index in [-0.39, 0.29) is 6.61 Å². The lowest BCUT2D eigenvalue weighted by Crippen LogP contribution is -2.37. The summed E-state index contributed by atoms with van der Waals surface area (Å²) in [5.41, 5.74) is 5.55. The van der Waals surface area contributed by atoms with Crippen molar-refractivity contribution >= 4 is 0 Å². The van der Waals surface area contributed by atoms with Crippen molar-refractivity contribution in [2.24, 2.45) is 5.73 Å². The Hall–Kier alpha value is -0.120. The van der Waals surface area contributed by atoms with E-state index in [1.165, 1.54) is 19.3 Å². The van der Waals surface area contributed by atoms with Gasteiger partial charge in [-0.1, -0.05) is 26.2 Å². The predicted octanol–water partition coefficient (Wildman–Crippen LogP) is 0.476. The molecule has 0 aliphatic rings. The van der Waals surface area contributed by atoms with E-state index < -0.39 is 0 Å². The van der Waals surface area contributed by atoms with E-state index in [0.717, 1.165) is 6.42 Å². The average Bonchev–Trinajstić information content (AvgIpc) is 2.11. The normalized spacial score (nSPS) is 13.2. The van der Waals surface area contributed by atoms with Gasteiger partial charge in [0.25, 0.3) is 0 Å². The van der Waals surface area contributed by atoms with Gasteiger partial charge in [0.2, 0.25) is 0 Å². The minimum absolute atomic E-state index is 0.199. The van der Waals surface area contributed by atoms with Crippen LogP contribution in [0, 0.1) is 0 Å². The Balaban J connectivity index is 3.26. The molecule has 1 unspecified atom stereocenters. The predicted molar refractivity (Wildman–Crippen MR) is 52.1 cm³/mol. The van der Waals surface area contributed by atoms with Gasteiger partial charge in [0.05, 0.1) is 6.61 Å². The Morgan fingerprint density at radius 1 is 1.42 bits per heavy atom. The molecule has 3 heteroatoms. The number of aliphatic hydroxyl groups is 1. The third-order valence-electron chi connectivity index (χ3n) is 1.99.